The van der Waals surface area contributed by atoms with Gasteiger partial charge in [-0.25, -0.2) is 12.8 Å². The van der Waals surface area contributed by atoms with Crippen molar-refractivity contribution in [1.82, 2.24) is 0 Å². The van der Waals surface area contributed by atoms with Gasteiger partial charge in [-0.2, -0.15) is 0 Å². The van der Waals surface area contributed by atoms with E-state index in [4.69, 9.17) is 5.73 Å². The van der Waals surface area contributed by atoms with Crippen LogP contribution in [0.2, 0.25) is 0 Å². The third-order valence-corrected chi connectivity index (χ3v) is 2.97. The number of hydrogen-bond acceptors (Lipinski definition) is 3. The SMILES string of the molecule is CS(=O)(=O)c1c(F)cccc1/C=C/CN. The van der Waals surface area contributed by atoms with Gasteiger partial charge >= 0.3 is 0 Å². The van der Waals surface area contributed by atoms with Crippen molar-refractivity contribution in [2.75, 3.05) is 12.8 Å². The number of rotatable bonds is 3. The van der Waals surface area contributed by atoms with Crippen LogP contribution in [0.1, 0.15) is 5.56 Å². The molecule has 1 rings (SSSR count). The molecule has 1 aromatic carbocycles. The van der Waals surface area contributed by atoms with Crippen molar-refractivity contribution in [3.63, 3.8) is 0 Å². The molecule has 0 aliphatic carbocycles. The molecule has 2 N–H and O–H groups in total. The van der Waals surface area contributed by atoms with Crippen LogP contribution in [0.5, 0.6) is 0 Å². The van der Waals surface area contributed by atoms with E-state index < -0.39 is 15.7 Å². The first kappa shape index (κ1) is 11.9. The van der Waals surface area contributed by atoms with E-state index in [0.29, 0.717) is 5.56 Å². The highest BCUT2D eigenvalue weighted by atomic mass is 32.2. The van der Waals surface area contributed by atoms with Gasteiger partial charge in [0.1, 0.15) is 10.7 Å². The van der Waals surface area contributed by atoms with Crippen molar-refractivity contribution < 1.29 is 12.8 Å². The number of hydrogen-bond donors (Lipinski definition) is 1. The Hall–Kier alpha value is -1.20. The fraction of sp³-hybridized carbons (Fsp3) is 0.200. The number of halogens is 1. The topological polar surface area (TPSA) is 60.2 Å². The van der Waals surface area contributed by atoms with Gasteiger partial charge in [-0.15, -0.1) is 0 Å². The molecule has 82 valence electrons. The maximum absolute atomic E-state index is 13.3. The van der Waals surface area contributed by atoms with E-state index in [1.807, 2.05) is 0 Å². The van der Waals surface area contributed by atoms with E-state index >= 15 is 0 Å². The largest absolute Gasteiger partial charge is 0.327 e. The van der Waals surface area contributed by atoms with E-state index in [2.05, 4.69) is 0 Å². The van der Waals surface area contributed by atoms with Gasteiger partial charge in [-0.05, 0) is 11.6 Å². The molecule has 0 saturated heterocycles. The summed E-state index contributed by atoms with van der Waals surface area (Å²) in [6, 6.07) is 4.11. The van der Waals surface area contributed by atoms with E-state index in [1.165, 1.54) is 18.2 Å². The average molecular weight is 229 g/mol. The Kier molecular flexibility index (Phi) is 3.60. The summed E-state index contributed by atoms with van der Waals surface area (Å²) in [6.07, 6.45) is 4.05. The molecular weight excluding hydrogens is 217 g/mol. The van der Waals surface area contributed by atoms with E-state index in [-0.39, 0.29) is 11.4 Å². The Bertz CT molecular complexity index is 480. The van der Waals surface area contributed by atoms with Crippen LogP contribution in [-0.4, -0.2) is 21.2 Å². The van der Waals surface area contributed by atoms with Crippen molar-refractivity contribution in [2.24, 2.45) is 5.73 Å². The molecule has 0 bridgehead atoms. The van der Waals surface area contributed by atoms with Gasteiger partial charge in [0.15, 0.2) is 9.84 Å². The molecule has 1 aromatic rings. The molecule has 0 unspecified atom stereocenters. The van der Waals surface area contributed by atoms with E-state index in [9.17, 15) is 12.8 Å². The highest BCUT2D eigenvalue weighted by Crippen LogP contribution is 2.20. The zero-order valence-electron chi connectivity index (χ0n) is 8.27. The molecule has 0 aliphatic heterocycles. The molecule has 0 atom stereocenters. The molecule has 3 nitrogen and oxygen atoms in total. The number of nitrogens with two attached hydrogens (primary N) is 1. The highest BCUT2D eigenvalue weighted by molar-refractivity contribution is 7.90. The number of benzene rings is 1. The van der Waals surface area contributed by atoms with Crippen molar-refractivity contribution >= 4 is 15.9 Å². The minimum atomic E-state index is -3.56. The Balaban J connectivity index is 3.40. The molecule has 0 spiro atoms. The Labute approximate surface area is 88.3 Å². The normalized spacial score (nSPS) is 12.2. The first-order chi connectivity index (χ1) is 6.96. The first-order valence-corrected chi connectivity index (χ1v) is 6.21. The average Bonchev–Trinajstić information content (AvgIpc) is 2.12. The predicted molar refractivity (Wildman–Crippen MR) is 57.6 cm³/mol. The Morgan fingerprint density at radius 1 is 1.47 bits per heavy atom. The lowest BCUT2D eigenvalue weighted by Gasteiger charge is -2.04. The van der Waals surface area contributed by atoms with Gasteiger partial charge in [-0.1, -0.05) is 24.3 Å². The second-order valence-electron chi connectivity index (χ2n) is 3.07. The second kappa shape index (κ2) is 4.55. The summed E-state index contributed by atoms with van der Waals surface area (Å²) in [7, 11) is -3.56. The van der Waals surface area contributed by atoms with Crippen LogP contribution in [0.4, 0.5) is 4.39 Å². The van der Waals surface area contributed by atoms with Gasteiger partial charge in [0.25, 0.3) is 0 Å². The standard InChI is InChI=1S/C10H12FNO2S/c1-15(13,14)10-8(5-3-7-12)4-2-6-9(10)11/h2-6H,7,12H2,1H3/b5-3+. The van der Waals surface area contributed by atoms with Crippen LogP contribution >= 0.6 is 0 Å². The van der Waals surface area contributed by atoms with Crippen molar-refractivity contribution in [3.05, 3.63) is 35.7 Å². The molecular formula is C10H12FNO2S. The van der Waals surface area contributed by atoms with Gasteiger partial charge < -0.3 is 5.73 Å². The Morgan fingerprint density at radius 3 is 2.67 bits per heavy atom. The van der Waals surface area contributed by atoms with E-state index in [0.717, 1.165) is 12.3 Å². The van der Waals surface area contributed by atoms with Gasteiger partial charge in [0.05, 0.1) is 0 Å². The molecule has 0 fully saturated rings. The third kappa shape index (κ3) is 2.87. The monoisotopic (exact) mass is 229 g/mol. The third-order valence-electron chi connectivity index (χ3n) is 1.80. The van der Waals surface area contributed by atoms with Gasteiger partial charge in [0, 0.05) is 12.8 Å². The van der Waals surface area contributed by atoms with Crippen molar-refractivity contribution in [3.8, 4) is 0 Å². The molecule has 0 aliphatic rings. The maximum Gasteiger partial charge on any atom is 0.179 e. The summed E-state index contributed by atoms with van der Waals surface area (Å²) in [6.45, 7) is 0.277. The van der Waals surface area contributed by atoms with Crippen LogP contribution in [-0.2, 0) is 9.84 Å². The summed E-state index contributed by atoms with van der Waals surface area (Å²) in [5.74, 6) is -0.739. The quantitative estimate of drug-likeness (QED) is 0.847. The lowest BCUT2D eigenvalue weighted by atomic mass is 10.2. The van der Waals surface area contributed by atoms with Crippen LogP contribution in [0.25, 0.3) is 6.08 Å². The van der Waals surface area contributed by atoms with Gasteiger partial charge in [0.2, 0.25) is 0 Å². The Morgan fingerprint density at radius 2 is 2.13 bits per heavy atom. The zero-order chi connectivity index (χ0) is 11.5. The summed E-state index contributed by atoms with van der Waals surface area (Å²) < 4.78 is 36.0. The summed E-state index contributed by atoms with van der Waals surface area (Å²) in [4.78, 5) is -0.283. The van der Waals surface area contributed by atoms with Crippen molar-refractivity contribution in [2.45, 2.75) is 4.90 Å². The van der Waals surface area contributed by atoms with Crippen molar-refractivity contribution in [1.29, 1.82) is 0 Å². The van der Waals surface area contributed by atoms with Crippen LogP contribution in [0.15, 0.2) is 29.2 Å². The number of sulfone groups is 1. The zero-order valence-corrected chi connectivity index (χ0v) is 9.09. The maximum atomic E-state index is 13.3. The lowest BCUT2D eigenvalue weighted by molar-refractivity contribution is 0.570. The fourth-order valence-corrected chi connectivity index (χ4v) is 2.23. The molecule has 0 aromatic heterocycles. The molecule has 0 heterocycles. The molecule has 0 amide bonds. The van der Waals surface area contributed by atoms with Gasteiger partial charge in [-0.3, -0.25) is 0 Å². The second-order valence-corrected chi connectivity index (χ2v) is 5.02. The molecule has 0 saturated carbocycles. The van der Waals surface area contributed by atoms with Crippen LogP contribution in [0.3, 0.4) is 0 Å². The summed E-state index contributed by atoms with van der Waals surface area (Å²) in [5.41, 5.74) is 5.57. The minimum Gasteiger partial charge on any atom is -0.327 e. The predicted octanol–water partition coefficient (Wildman–Crippen LogP) is 1.20. The fourth-order valence-electron chi connectivity index (χ4n) is 1.24. The van der Waals surface area contributed by atoms with Crippen LogP contribution < -0.4 is 5.73 Å². The minimum absolute atomic E-state index is 0.277. The summed E-state index contributed by atoms with van der Waals surface area (Å²) >= 11 is 0. The molecule has 15 heavy (non-hydrogen) atoms. The van der Waals surface area contributed by atoms with E-state index in [1.54, 1.807) is 6.08 Å². The smallest absolute Gasteiger partial charge is 0.179 e. The molecule has 5 heteroatoms. The first-order valence-electron chi connectivity index (χ1n) is 4.32. The molecule has 0 radical (unpaired) electrons. The summed E-state index contributed by atoms with van der Waals surface area (Å²) in [5, 5.41) is 0. The highest BCUT2D eigenvalue weighted by Gasteiger charge is 2.16. The lowest BCUT2D eigenvalue weighted by Crippen LogP contribution is -2.03. The van der Waals surface area contributed by atoms with Crippen LogP contribution in [0, 0.1) is 5.82 Å².